The fraction of sp³-hybridized carbons (Fsp3) is 0.381. The van der Waals surface area contributed by atoms with Crippen LogP contribution in [0.4, 0.5) is 9.80 Å². The summed E-state index contributed by atoms with van der Waals surface area (Å²) in [5.74, 6) is -1.04. The van der Waals surface area contributed by atoms with E-state index in [1.807, 2.05) is 0 Å². The topological polar surface area (TPSA) is 128 Å². The Morgan fingerprint density at radius 2 is 1.84 bits per heavy atom. The molecule has 1 heterocycles. The Morgan fingerprint density at radius 3 is 2.50 bits per heavy atom. The van der Waals surface area contributed by atoms with E-state index in [1.54, 1.807) is 6.92 Å². The maximum atomic E-state index is 12.6. The van der Waals surface area contributed by atoms with Crippen molar-refractivity contribution in [3.63, 3.8) is 0 Å². The Bertz CT molecular complexity index is 1120. The summed E-state index contributed by atoms with van der Waals surface area (Å²) in [4.78, 5) is 37.9. The minimum absolute atomic E-state index is 0.0932. The van der Waals surface area contributed by atoms with Gasteiger partial charge in [0.25, 0.3) is 5.91 Å². The molecule has 0 radical (unpaired) electrons. The Morgan fingerprint density at radius 1 is 1.12 bits per heavy atom. The number of carbonyl (C=O) groups excluding carboxylic acids is 3. The van der Waals surface area contributed by atoms with Gasteiger partial charge in [-0.15, -0.1) is 11.3 Å². The number of aryl methyl sites for hydroxylation is 1. The van der Waals surface area contributed by atoms with E-state index in [4.69, 9.17) is 9.47 Å². The molecule has 0 unspecified atom stereocenters. The fourth-order valence-corrected chi connectivity index (χ4v) is 5.92. The lowest BCUT2D eigenvalue weighted by Gasteiger charge is -2.09. The Balaban J connectivity index is 1.69. The zero-order valence-corrected chi connectivity index (χ0v) is 19.4. The molecular weight excluding hydrogens is 456 g/mol. The van der Waals surface area contributed by atoms with Crippen LogP contribution in [-0.4, -0.2) is 45.8 Å². The van der Waals surface area contributed by atoms with Gasteiger partial charge in [0.15, 0.2) is 9.84 Å². The summed E-state index contributed by atoms with van der Waals surface area (Å²) < 4.78 is 34.8. The molecule has 1 aromatic heterocycles. The number of sulfone groups is 1. The fourth-order valence-electron chi connectivity index (χ4n) is 3.37. The smallest absolute Gasteiger partial charge is 0.414 e. The number of ether oxygens (including phenoxy) is 2. The molecule has 3 amide bonds. The molecule has 0 fully saturated rings. The van der Waals surface area contributed by atoms with Crippen molar-refractivity contribution in [3.05, 3.63) is 40.3 Å². The maximum Gasteiger partial charge on any atom is 0.414 e. The van der Waals surface area contributed by atoms with Gasteiger partial charge in [0.05, 0.1) is 29.9 Å². The first-order valence-corrected chi connectivity index (χ1v) is 12.5. The summed E-state index contributed by atoms with van der Waals surface area (Å²) >= 11 is 1.27. The van der Waals surface area contributed by atoms with Gasteiger partial charge in [-0.1, -0.05) is 0 Å². The van der Waals surface area contributed by atoms with Crippen LogP contribution >= 0.6 is 11.3 Å². The molecule has 9 nitrogen and oxygen atoms in total. The second-order valence-electron chi connectivity index (χ2n) is 7.03. The first-order valence-electron chi connectivity index (χ1n) is 10.0. The second-order valence-corrected chi connectivity index (χ2v) is 10.2. The highest BCUT2D eigenvalue weighted by atomic mass is 32.2. The molecule has 1 aliphatic rings. The number of hydrogen-bond acceptors (Lipinski definition) is 8. The van der Waals surface area contributed by atoms with E-state index in [0.29, 0.717) is 17.2 Å². The minimum atomic E-state index is -3.67. The molecule has 3 rings (SSSR count). The first kappa shape index (κ1) is 23.7. The highest BCUT2D eigenvalue weighted by molar-refractivity contribution is 7.91. The molecular formula is C21H24N2O7S2. The zero-order valence-electron chi connectivity index (χ0n) is 17.7. The summed E-state index contributed by atoms with van der Waals surface area (Å²) in [6, 6.07) is 5.92. The SMILES string of the molecule is CCOC(=O)NC(=O)c1c(NC(=O)CCS(=O)(=O)c2ccc(OC)cc2)sc2c1CCC2. The van der Waals surface area contributed by atoms with Gasteiger partial charge in [0.1, 0.15) is 10.8 Å². The van der Waals surface area contributed by atoms with Crippen LogP contribution in [0.25, 0.3) is 0 Å². The van der Waals surface area contributed by atoms with Gasteiger partial charge in [-0.25, -0.2) is 13.2 Å². The van der Waals surface area contributed by atoms with E-state index < -0.39 is 27.7 Å². The lowest BCUT2D eigenvalue weighted by atomic mass is 10.1. The van der Waals surface area contributed by atoms with Gasteiger partial charge in [-0.2, -0.15) is 0 Å². The number of carbonyl (C=O) groups is 3. The van der Waals surface area contributed by atoms with Crippen molar-refractivity contribution in [1.82, 2.24) is 5.32 Å². The van der Waals surface area contributed by atoms with Crippen LogP contribution in [0.2, 0.25) is 0 Å². The summed E-state index contributed by atoms with van der Waals surface area (Å²) in [7, 11) is -2.19. The Hall–Kier alpha value is -2.92. The van der Waals surface area contributed by atoms with Crippen LogP contribution in [0.1, 0.15) is 40.6 Å². The first-order chi connectivity index (χ1) is 15.2. The number of anilines is 1. The van der Waals surface area contributed by atoms with E-state index in [9.17, 15) is 22.8 Å². The third-order valence-electron chi connectivity index (χ3n) is 4.91. The second kappa shape index (κ2) is 10.1. The Kier molecular flexibility index (Phi) is 7.52. The maximum absolute atomic E-state index is 12.6. The van der Waals surface area contributed by atoms with Crippen molar-refractivity contribution in [3.8, 4) is 5.75 Å². The molecule has 11 heteroatoms. The number of amides is 3. The molecule has 0 atom stereocenters. The number of imide groups is 1. The van der Waals surface area contributed by atoms with E-state index in [1.165, 1.54) is 42.7 Å². The van der Waals surface area contributed by atoms with Crippen LogP contribution in [0.3, 0.4) is 0 Å². The highest BCUT2D eigenvalue weighted by Gasteiger charge is 2.29. The number of thiophene rings is 1. The third kappa shape index (κ3) is 5.46. The van der Waals surface area contributed by atoms with Gasteiger partial charge in [-0.05, 0) is 56.0 Å². The summed E-state index contributed by atoms with van der Waals surface area (Å²) in [5.41, 5.74) is 1.04. The van der Waals surface area contributed by atoms with Gasteiger partial charge < -0.3 is 14.8 Å². The molecule has 0 bridgehead atoms. The Labute approximate surface area is 190 Å². The van der Waals surface area contributed by atoms with Crippen molar-refractivity contribution >= 4 is 44.1 Å². The van der Waals surface area contributed by atoms with Crippen LogP contribution in [-0.2, 0) is 32.2 Å². The summed E-state index contributed by atoms with van der Waals surface area (Å²) in [6.45, 7) is 1.74. The number of rotatable bonds is 8. The normalized spacial score (nSPS) is 12.7. The zero-order chi connectivity index (χ0) is 23.3. The van der Waals surface area contributed by atoms with Gasteiger partial charge in [-0.3, -0.25) is 14.9 Å². The standard InChI is InChI=1S/C21H24N2O7S2/c1-3-30-21(26)23-19(25)18-15-5-4-6-16(15)31-20(18)22-17(24)11-12-32(27,28)14-9-7-13(29-2)8-10-14/h7-10H,3-6,11-12H2,1-2H3,(H,22,24)(H,23,25,26). The van der Waals surface area contributed by atoms with Crippen LogP contribution < -0.4 is 15.4 Å². The number of benzene rings is 1. The quantitative estimate of drug-likeness (QED) is 0.594. The van der Waals surface area contributed by atoms with Crippen LogP contribution in [0, 0.1) is 0 Å². The molecule has 1 aromatic carbocycles. The van der Waals surface area contributed by atoms with Crippen molar-refractivity contribution in [2.75, 3.05) is 24.8 Å². The molecule has 32 heavy (non-hydrogen) atoms. The predicted molar refractivity (Wildman–Crippen MR) is 119 cm³/mol. The van der Waals surface area contributed by atoms with Crippen LogP contribution in [0.15, 0.2) is 29.2 Å². The largest absolute Gasteiger partial charge is 0.497 e. The van der Waals surface area contributed by atoms with E-state index in [2.05, 4.69) is 10.6 Å². The molecule has 0 saturated heterocycles. The number of methoxy groups -OCH3 is 1. The third-order valence-corrected chi connectivity index (χ3v) is 7.85. The van der Waals surface area contributed by atoms with E-state index in [0.717, 1.165) is 23.3 Å². The number of nitrogens with one attached hydrogen (secondary N) is 2. The molecule has 172 valence electrons. The van der Waals surface area contributed by atoms with Crippen molar-refractivity contribution in [2.24, 2.45) is 0 Å². The average molecular weight is 481 g/mol. The lowest BCUT2D eigenvalue weighted by molar-refractivity contribution is -0.115. The van der Waals surface area contributed by atoms with E-state index >= 15 is 0 Å². The number of hydrogen-bond donors (Lipinski definition) is 2. The predicted octanol–water partition coefficient (Wildman–Crippen LogP) is 2.93. The van der Waals surface area contributed by atoms with E-state index in [-0.39, 0.29) is 29.2 Å². The number of alkyl carbamates (subject to hydrolysis) is 1. The van der Waals surface area contributed by atoms with Crippen molar-refractivity contribution < 1.29 is 32.3 Å². The molecule has 0 aliphatic heterocycles. The van der Waals surface area contributed by atoms with Crippen molar-refractivity contribution in [1.29, 1.82) is 0 Å². The lowest BCUT2D eigenvalue weighted by Crippen LogP contribution is -2.32. The average Bonchev–Trinajstić information content (AvgIpc) is 3.33. The van der Waals surface area contributed by atoms with Crippen molar-refractivity contribution in [2.45, 2.75) is 37.5 Å². The molecule has 1 aliphatic carbocycles. The monoisotopic (exact) mass is 480 g/mol. The molecule has 2 N–H and O–H groups in total. The number of fused-ring (bicyclic) bond motifs is 1. The van der Waals surface area contributed by atoms with Crippen LogP contribution in [0.5, 0.6) is 5.75 Å². The summed E-state index contributed by atoms with van der Waals surface area (Å²) in [5, 5.41) is 5.12. The molecule has 0 spiro atoms. The summed E-state index contributed by atoms with van der Waals surface area (Å²) in [6.07, 6.45) is 1.18. The van der Waals surface area contributed by atoms with Gasteiger partial charge in [0.2, 0.25) is 5.91 Å². The molecule has 2 aromatic rings. The van der Waals surface area contributed by atoms with Gasteiger partial charge in [0, 0.05) is 11.3 Å². The minimum Gasteiger partial charge on any atom is -0.497 e. The van der Waals surface area contributed by atoms with Gasteiger partial charge >= 0.3 is 6.09 Å². The molecule has 0 saturated carbocycles. The highest BCUT2D eigenvalue weighted by Crippen LogP contribution is 2.39.